The van der Waals surface area contributed by atoms with E-state index in [0.29, 0.717) is 11.4 Å². The Hall–Kier alpha value is -2.77. The van der Waals surface area contributed by atoms with E-state index in [-0.39, 0.29) is 18.9 Å². The molecule has 0 bridgehead atoms. The first-order chi connectivity index (χ1) is 12.0. The van der Waals surface area contributed by atoms with E-state index in [4.69, 9.17) is 9.47 Å². The number of anilines is 1. The zero-order chi connectivity index (χ0) is 19.5. The number of hydrogen-bond acceptors (Lipinski definition) is 5. The second kappa shape index (κ2) is 7.63. The minimum absolute atomic E-state index is 0.107. The van der Waals surface area contributed by atoms with E-state index in [1.807, 2.05) is 0 Å². The summed E-state index contributed by atoms with van der Waals surface area (Å²) in [7, 11) is 0. The Kier molecular flexibility index (Phi) is 5.74. The van der Waals surface area contributed by atoms with Gasteiger partial charge in [-0.3, -0.25) is 9.69 Å². The van der Waals surface area contributed by atoms with Gasteiger partial charge < -0.3 is 19.9 Å². The van der Waals surface area contributed by atoms with Gasteiger partial charge in [-0.25, -0.2) is 9.59 Å². The number of hydrogen-bond donors (Lipinski definition) is 2. The molecule has 1 aliphatic rings. The van der Waals surface area contributed by atoms with Crippen LogP contribution in [0.3, 0.4) is 0 Å². The third-order valence-electron chi connectivity index (χ3n) is 3.63. The highest BCUT2D eigenvalue weighted by Crippen LogP contribution is 2.26. The van der Waals surface area contributed by atoms with Crippen LogP contribution in [-0.4, -0.2) is 52.3 Å². The van der Waals surface area contributed by atoms with Crippen molar-refractivity contribution in [2.75, 3.05) is 11.9 Å². The van der Waals surface area contributed by atoms with Crippen LogP contribution in [0.15, 0.2) is 24.3 Å². The lowest BCUT2D eigenvalue weighted by molar-refractivity contribution is -0.142. The lowest BCUT2D eigenvalue weighted by atomic mass is 10.2. The maximum Gasteiger partial charge on any atom is 0.411 e. The Morgan fingerprint density at radius 2 is 1.96 bits per heavy atom. The summed E-state index contributed by atoms with van der Waals surface area (Å²) in [5.41, 5.74) is -0.141. The fourth-order valence-electron chi connectivity index (χ4n) is 2.68. The largest absolute Gasteiger partial charge is 0.488 e. The molecule has 1 aromatic carbocycles. The van der Waals surface area contributed by atoms with Gasteiger partial charge in [0.05, 0.1) is 6.54 Å². The minimum Gasteiger partial charge on any atom is -0.488 e. The van der Waals surface area contributed by atoms with Crippen LogP contribution >= 0.6 is 0 Å². The molecule has 26 heavy (non-hydrogen) atoms. The number of benzene rings is 1. The molecule has 8 nitrogen and oxygen atoms in total. The van der Waals surface area contributed by atoms with Crippen LogP contribution in [0.2, 0.25) is 0 Å². The van der Waals surface area contributed by atoms with Crippen LogP contribution in [0.5, 0.6) is 5.75 Å². The van der Waals surface area contributed by atoms with Gasteiger partial charge in [0, 0.05) is 25.1 Å². The molecule has 0 aliphatic carbocycles. The number of nitrogens with one attached hydrogen (secondary N) is 1. The van der Waals surface area contributed by atoms with Crippen LogP contribution in [0, 0.1) is 0 Å². The van der Waals surface area contributed by atoms with Crippen molar-refractivity contribution in [3.8, 4) is 5.75 Å². The quantitative estimate of drug-likeness (QED) is 0.850. The van der Waals surface area contributed by atoms with Gasteiger partial charge in [0.2, 0.25) is 5.91 Å². The molecule has 2 rings (SSSR count). The van der Waals surface area contributed by atoms with Gasteiger partial charge in [0.1, 0.15) is 23.5 Å². The fourth-order valence-corrected chi connectivity index (χ4v) is 2.68. The lowest BCUT2D eigenvalue weighted by Crippen LogP contribution is -2.43. The maximum absolute atomic E-state index is 12.3. The van der Waals surface area contributed by atoms with Crippen molar-refractivity contribution in [2.24, 2.45) is 0 Å². The second-order valence-electron chi connectivity index (χ2n) is 7.17. The van der Waals surface area contributed by atoms with Crippen LogP contribution in [0.4, 0.5) is 10.5 Å². The topological polar surface area (TPSA) is 105 Å². The molecule has 0 aromatic heterocycles. The molecule has 1 aliphatic heterocycles. The van der Waals surface area contributed by atoms with E-state index in [9.17, 15) is 19.5 Å². The Morgan fingerprint density at radius 1 is 1.27 bits per heavy atom. The summed E-state index contributed by atoms with van der Waals surface area (Å²) in [6.45, 7) is 6.67. The van der Waals surface area contributed by atoms with Crippen molar-refractivity contribution in [3.63, 3.8) is 0 Å². The number of amides is 2. The zero-order valence-corrected chi connectivity index (χ0v) is 15.3. The Labute approximate surface area is 152 Å². The summed E-state index contributed by atoms with van der Waals surface area (Å²) in [6.07, 6.45) is -1.02. The maximum atomic E-state index is 12.3. The average molecular weight is 364 g/mol. The molecular formula is C18H24N2O6. The van der Waals surface area contributed by atoms with E-state index in [1.165, 1.54) is 11.8 Å². The minimum atomic E-state index is -1.10. The van der Waals surface area contributed by atoms with Crippen molar-refractivity contribution in [1.29, 1.82) is 0 Å². The molecule has 1 heterocycles. The predicted octanol–water partition coefficient (Wildman–Crippen LogP) is 2.49. The molecule has 142 valence electrons. The molecule has 0 radical (unpaired) electrons. The van der Waals surface area contributed by atoms with E-state index < -0.39 is 29.8 Å². The molecule has 1 aromatic rings. The van der Waals surface area contributed by atoms with Gasteiger partial charge in [-0.15, -0.1) is 0 Å². The monoisotopic (exact) mass is 364 g/mol. The summed E-state index contributed by atoms with van der Waals surface area (Å²) in [4.78, 5) is 36.1. The highest BCUT2D eigenvalue weighted by molar-refractivity contribution is 5.88. The summed E-state index contributed by atoms with van der Waals surface area (Å²) >= 11 is 0. The number of carboxylic acids is 1. The van der Waals surface area contributed by atoms with Crippen LogP contribution in [0.1, 0.15) is 34.1 Å². The van der Waals surface area contributed by atoms with Crippen LogP contribution in [0.25, 0.3) is 0 Å². The van der Waals surface area contributed by atoms with E-state index >= 15 is 0 Å². The summed E-state index contributed by atoms with van der Waals surface area (Å²) in [5.74, 6) is -0.824. The van der Waals surface area contributed by atoms with Gasteiger partial charge in [-0.05, 0) is 32.9 Å². The Balaban J connectivity index is 2.08. The smallest absolute Gasteiger partial charge is 0.411 e. The summed E-state index contributed by atoms with van der Waals surface area (Å²) < 4.78 is 11.1. The molecule has 0 spiro atoms. The van der Waals surface area contributed by atoms with Crippen molar-refractivity contribution < 1.29 is 29.0 Å². The van der Waals surface area contributed by atoms with Gasteiger partial charge in [-0.2, -0.15) is 0 Å². The predicted molar refractivity (Wildman–Crippen MR) is 94.1 cm³/mol. The number of nitrogens with zero attached hydrogens (tertiary/aromatic N) is 1. The molecule has 2 N–H and O–H groups in total. The highest BCUT2D eigenvalue weighted by atomic mass is 16.6. The Morgan fingerprint density at radius 3 is 2.54 bits per heavy atom. The molecule has 2 amide bonds. The standard InChI is InChI=1S/C18H24N2O6/c1-11(21)19-12-6-5-7-13(8-12)25-14-9-15(16(22)23)20(10-14)17(24)26-18(2,3)4/h5-8,14-15H,9-10H2,1-4H3,(H,19,21)(H,22,23)/t14-,15-/m1/s1. The van der Waals surface area contributed by atoms with Gasteiger partial charge in [0.15, 0.2) is 0 Å². The molecule has 1 fully saturated rings. The third kappa shape index (κ3) is 5.37. The van der Waals surface area contributed by atoms with Gasteiger partial charge in [-0.1, -0.05) is 6.07 Å². The normalized spacial score (nSPS) is 19.8. The SMILES string of the molecule is CC(=O)Nc1cccc(O[C@@H]2C[C@H](C(=O)O)N(C(=O)OC(C)(C)C)C2)c1. The number of aliphatic carboxylic acids is 1. The first-order valence-corrected chi connectivity index (χ1v) is 8.32. The Bertz CT molecular complexity index is 697. The number of likely N-dealkylation sites (tertiary alicyclic amines) is 1. The van der Waals surface area contributed by atoms with E-state index in [2.05, 4.69) is 5.32 Å². The first kappa shape index (κ1) is 19.6. The van der Waals surface area contributed by atoms with Crippen molar-refractivity contribution in [1.82, 2.24) is 4.90 Å². The molecule has 0 saturated carbocycles. The van der Waals surface area contributed by atoms with Crippen LogP contribution in [-0.2, 0) is 14.3 Å². The highest BCUT2D eigenvalue weighted by Gasteiger charge is 2.42. The summed E-state index contributed by atoms with van der Waals surface area (Å²) in [6, 6.07) is 5.78. The number of carbonyl (C=O) groups excluding carboxylic acids is 2. The molecule has 0 unspecified atom stereocenters. The summed E-state index contributed by atoms with van der Waals surface area (Å²) in [5, 5.41) is 12.1. The molecule has 1 saturated heterocycles. The fraction of sp³-hybridized carbons (Fsp3) is 0.500. The molecule has 8 heteroatoms. The number of rotatable bonds is 4. The average Bonchev–Trinajstić information content (AvgIpc) is 2.89. The van der Waals surface area contributed by atoms with Gasteiger partial charge >= 0.3 is 12.1 Å². The van der Waals surface area contributed by atoms with Crippen molar-refractivity contribution >= 4 is 23.7 Å². The van der Waals surface area contributed by atoms with E-state index in [0.717, 1.165) is 0 Å². The number of ether oxygens (including phenoxy) is 2. The van der Waals surface area contributed by atoms with Crippen LogP contribution < -0.4 is 10.1 Å². The molecule has 2 atom stereocenters. The zero-order valence-electron chi connectivity index (χ0n) is 15.3. The van der Waals surface area contributed by atoms with Crippen molar-refractivity contribution in [3.05, 3.63) is 24.3 Å². The second-order valence-corrected chi connectivity index (χ2v) is 7.17. The van der Waals surface area contributed by atoms with Crippen molar-refractivity contribution in [2.45, 2.75) is 51.9 Å². The first-order valence-electron chi connectivity index (χ1n) is 8.32. The molecular weight excluding hydrogens is 340 g/mol. The number of carboxylic acid groups (broad SMARTS) is 1. The third-order valence-corrected chi connectivity index (χ3v) is 3.63. The number of carbonyl (C=O) groups is 3. The lowest BCUT2D eigenvalue weighted by Gasteiger charge is -2.26. The van der Waals surface area contributed by atoms with Gasteiger partial charge in [0.25, 0.3) is 0 Å². The van der Waals surface area contributed by atoms with E-state index in [1.54, 1.807) is 45.0 Å².